The smallest absolute Gasteiger partial charge is 0.249 e. The number of nitrogens with one attached hydrogen (secondary N) is 1. The summed E-state index contributed by atoms with van der Waals surface area (Å²) < 4.78 is 16.0. The van der Waals surface area contributed by atoms with Crippen molar-refractivity contribution in [3.05, 3.63) is 39.8 Å². The van der Waals surface area contributed by atoms with E-state index in [-0.39, 0.29) is 5.91 Å². The molecule has 1 aromatic carbocycles. The summed E-state index contributed by atoms with van der Waals surface area (Å²) in [5, 5.41) is 13.1. The summed E-state index contributed by atoms with van der Waals surface area (Å²) in [5.41, 5.74) is 2.43. The minimum absolute atomic E-state index is 0.290. The monoisotopic (exact) mass is 412 g/mol. The van der Waals surface area contributed by atoms with Crippen molar-refractivity contribution in [2.45, 2.75) is 26.2 Å². The predicted octanol–water partition coefficient (Wildman–Crippen LogP) is 4.42. The molecule has 1 amide bonds. The van der Waals surface area contributed by atoms with Crippen molar-refractivity contribution < 1.29 is 19.0 Å². The van der Waals surface area contributed by atoms with Crippen molar-refractivity contribution in [1.82, 2.24) is 0 Å². The van der Waals surface area contributed by atoms with Crippen LogP contribution in [0.25, 0.3) is 6.08 Å². The standard InChI is InChI=1S/C22H24N2O4S/c1-13-5-7-15-16(12-23)22(29-19(15)9-13)24-20(25)8-6-14-10-17(26-2)21(28-4)18(11-14)27-3/h6,8,10-11,13H,5,7,9H2,1-4H3,(H,24,25)/b8-6-/t13-/m0/s1. The van der Waals surface area contributed by atoms with Crippen LogP contribution in [0.2, 0.25) is 0 Å². The van der Waals surface area contributed by atoms with E-state index in [1.165, 1.54) is 29.4 Å². The zero-order valence-electron chi connectivity index (χ0n) is 17.0. The fourth-order valence-electron chi connectivity index (χ4n) is 3.48. The molecule has 1 aliphatic carbocycles. The van der Waals surface area contributed by atoms with E-state index in [9.17, 15) is 10.1 Å². The minimum Gasteiger partial charge on any atom is -0.493 e. The molecule has 0 bridgehead atoms. The number of nitrogens with zero attached hydrogens (tertiary/aromatic N) is 1. The fraction of sp³-hybridized carbons (Fsp3) is 0.364. The maximum atomic E-state index is 12.5. The number of hydrogen-bond donors (Lipinski definition) is 1. The molecule has 1 N–H and O–H groups in total. The zero-order chi connectivity index (χ0) is 21.0. The highest BCUT2D eigenvalue weighted by Gasteiger charge is 2.24. The number of anilines is 1. The molecule has 0 aliphatic heterocycles. The Labute approximate surface area is 174 Å². The van der Waals surface area contributed by atoms with E-state index in [0.717, 1.165) is 30.4 Å². The summed E-state index contributed by atoms with van der Waals surface area (Å²) in [6.07, 6.45) is 6.04. The van der Waals surface area contributed by atoms with Crippen LogP contribution in [0.5, 0.6) is 17.2 Å². The number of rotatable bonds is 6. The number of benzene rings is 1. The summed E-state index contributed by atoms with van der Waals surface area (Å²) in [7, 11) is 4.62. The van der Waals surface area contributed by atoms with Crippen LogP contribution in [0.1, 0.15) is 34.9 Å². The number of amides is 1. The first-order chi connectivity index (χ1) is 14.0. The SMILES string of the molecule is COc1cc(/C=C\C(=O)Nc2sc3c(c2C#N)CC[C@H](C)C3)cc(OC)c1OC. The Morgan fingerprint density at radius 2 is 1.93 bits per heavy atom. The number of nitriles is 1. The Bertz CT molecular complexity index is 962. The van der Waals surface area contributed by atoms with Crippen LogP contribution >= 0.6 is 11.3 Å². The highest BCUT2D eigenvalue weighted by Crippen LogP contribution is 2.40. The quantitative estimate of drug-likeness (QED) is 0.710. The number of hydrogen-bond acceptors (Lipinski definition) is 6. The van der Waals surface area contributed by atoms with E-state index >= 15 is 0 Å². The van der Waals surface area contributed by atoms with Crippen LogP contribution in [-0.2, 0) is 17.6 Å². The zero-order valence-corrected chi connectivity index (χ0v) is 17.8. The van der Waals surface area contributed by atoms with E-state index in [4.69, 9.17) is 14.2 Å². The van der Waals surface area contributed by atoms with Gasteiger partial charge in [-0.1, -0.05) is 6.92 Å². The maximum absolute atomic E-state index is 12.5. The van der Waals surface area contributed by atoms with Crippen molar-refractivity contribution in [3.8, 4) is 23.3 Å². The number of ether oxygens (including phenoxy) is 3. The summed E-state index contributed by atoms with van der Waals surface area (Å²) in [6.45, 7) is 2.22. The second-order valence-electron chi connectivity index (χ2n) is 6.95. The molecule has 1 aliphatic rings. The Hall–Kier alpha value is -2.98. The van der Waals surface area contributed by atoms with Gasteiger partial charge in [0.05, 0.1) is 26.9 Å². The van der Waals surface area contributed by atoms with Crippen molar-refractivity contribution >= 4 is 28.3 Å². The van der Waals surface area contributed by atoms with Gasteiger partial charge in [0, 0.05) is 11.0 Å². The van der Waals surface area contributed by atoms with Gasteiger partial charge < -0.3 is 19.5 Å². The Kier molecular flexibility index (Phi) is 6.45. The molecule has 1 atom stereocenters. The number of thiophene rings is 1. The molecular weight excluding hydrogens is 388 g/mol. The van der Waals surface area contributed by atoms with Crippen LogP contribution in [0, 0.1) is 17.2 Å². The minimum atomic E-state index is -0.290. The van der Waals surface area contributed by atoms with E-state index in [1.54, 1.807) is 32.4 Å². The van der Waals surface area contributed by atoms with Crippen LogP contribution in [-0.4, -0.2) is 27.2 Å². The third kappa shape index (κ3) is 4.38. The van der Waals surface area contributed by atoms with Crippen LogP contribution in [0.4, 0.5) is 5.00 Å². The first-order valence-electron chi connectivity index (χ1n) is 9.34. The van der Waals surface area contributed by atoms with Gasteiger partial charge in [-0.2, -0.15) is 5.26 Å². The van der Waals surface area contributed by atoms with Gasteiger partial charge in [0.2, 0.25) is 11.7 Å². The average molecular weight is 413 g/mol. The highest BCUT2D eigenvalue weighted by atomic mass is 32.1. The van der Waals surface area contributed by atoms with Crippen LogP contribution < -0.4 is 19.5 Å². The Balaban J connectivity index is 1.80. The molecule has 1 aromatic heterocycles. The van der Waals surface area contributed by atoms with Crippen molar-refractivity contribution in [2.24, 2.45) is 5.92 Å². The Morgan fingerprint density at radius 3 is 2.52 bits per heavy atom. The van der Waals surface area contributed by atoms with E-state index in [0.29, 0.717) is 33.7 Å². The lowest BCUT2D eigenvalue weighted by Crippen LogP contribution is -2.10. The molecule has 2 aromatic rings. The molecule has 0 saturated heterocycles. The van der Waals surface area contributed by atoms with Gasteiger partial charge in [0.25, 0.3) is 0 Å². The molecule has 0 fully saturated rings. The molecule has 0 spiro atoms. The molecule has 1 heterocycles. The van der Waals surface area contributed by atoms with Gasteiger partial charge in [-0.15, -0.1) is 11.3 Å². The normalized spacial score (nSPS) is 15.5. The first kappa shape index (κ1) is 20.7. The third-order valence-electron chi connectivity index (χ3n) is 4.97. The van der Waals surface area contributed by atoms with Crippen LogP contribution in [0.3, 0.4) is 0 Å². The van der Waals surface area contributed by atoms with Gasteiger partial charge in [-0.3, -0.25) is 4.79 Å². The number of methoxy groups -OCH3 is 3. The average Bonchev–Trinajstić information content (AvgIpc) is 3.06. The highest BCUT2D eigenvalue weighted by molar-refractivity contribution is 7.16. The molecule has 7 heteroatoms. The van der Waals surface area contributed by atoms with Crippen LogP contribution in [0.15, 0.2) is 18.2 Å². The molecule has 3 rings (SSSR count). The number of fused-ring (bicyclic) bond motifs is 1. The van der Waals surface area contributed by atoms with Gasteiger partial charge in [-0.25, -0.2) is 0 Å². The van der Waals surface area contributed by atoms with Gasteiger partial charge in [0.1, 0.15) is 11.1 Å². The molecular formula is C22H24N2O4S. The van der Waals surface area contributed by atoms with Crippen molar-refractivity contribution in [1.29, 1.82) is 5.26 Å². The summed E-state index contributed by atoms with van der Waals surface area (Å²) in [6, 6.07) is 5.79. The second-order valence-corrected chi connectivity index (χ2v) is 8.05. The molecule has 0 radical (unpaired) electrons. The lowest BCUT2D eigenvalue weighted by molar-refractivity contribution is -0.111. The molecule has 29 heavy (non-hydrogen) atoms. The predicted molar refractivity (Wildman–Crippen MR) is 114 cm³/mol. The molecule has 0 unspecified atom stereocenters. The first-order valence-corrected chi connectivity index (χ1v) is 10.2. The van der Waals surface area contributed by atoms with Gasteiger partial charge >= 0.3 is 0 Å². The lowest BCUT2D eigenvalue weighted by atomic mass is 9.89. The van der Waals surface area contributed by atoms with Gasteiger partial charge in [0.15, 0.2) is 11.5 Å². The van der Waals surface area contributed by atoms with Crippen molar-refractivity contribution in [3.63, 3.8) is 0 Å². The molecule has 6 nitrogen and oxygen atoms in total. The van der Waals surface area contributed by atoms with E-state index < -0.39 is 0 Å². The molecule has 152 valence electrons. The Morgan fingerprint density at radius 1 is 1.24 bits per heavy atom. The summed E-state index contributed by atoms with van der Waals surface area (Å²) in [5.74, 6) is 1.84. The largest absolute Gasteiger partial charge is 0.493 e. The topological polar surface area (TPSA) is 80.6 Å². The van der Waals surface area contributed by atoms with E-state index in [2.05, 4.69) is 18.3 Å². The third-order valence-corrected chi connectivity index (χ3v) is 6.14. The second kappa shape index (κ2) is 9.01. The molecule has 0 saturated carbocycles. The van der Waals surface area contributed by atoms with Gasteiger partial charge in [-0.05, 0) is 54.5 Å². The lowest BCUT2D eigenvalue weighted by Gasteiger charge is -2.17. The van der Waals surface area contributed by atoms with E-state index in [1.807, 2.05) is 0 Å². The maximum Gasteiger partial charge on any atom is 0.249 e. The fourth-order valence-corrected chi connectivity index (χ4v) is 4.84. The summed E-state index contributed by atoms with van der Waals surface area (Å²) >= 11 is 1.51. The summed E-state index contributed by atoms with van der Waals surface area (Å²) in [4.78, 5) is 13.7. The van der Waals surface area contributed by atoms with Crippen molar-refractivity contribution in [2.75, 3.05) is 26.6 Å². The number of carbonyl (C=O) groups is 1. The number of carbonyl (C=O) groups excluding carboxylic acids is 1.